The predicted molar refractivity (Wildman–Crippen MR) is 53.6 cm³/mol. The van der Waals surface area contributed by atoms with E-state index in [0.717, 1.165) is 5.56 Å². The Balaban J connectivity index is 2.50. The Kier molecular flexibility index (Phi) is 3.59. The Labute approximate surface area is 78.2 Å². The second-order valence-electron chi connectivity index (χ2n) is 2.62. The molecule has 0 heterocycles. The molecule has 0 saturated carbocycles. The van der Waals surface area contributed by atoms with Crippen LogP contribution in [0.4, 0.5) is 0 Å². The van der Waals surface area contributed by atoms with E-state index >= 15 is 0 Å². The average Bonchev–Trinajstić information content (AvgIpc) is 2.15. The number of aryl methyl sites for hydroxylation is 1. The average molecular weight is 173 g/mol. The van der Waals surface area contributed by atoms with E-state index in [1.165, 1.54) is 5.56 Å². The van der Waals surface area contributed by atoms with Crippen molar-refractivity contribution >= 4 is 6.21 Å². The van der Waals surface area contributed by atoms with E-state index in [9.17, 15) is 0 Å². The van der Waals surface area contributed by atoms with Gasteiger partial charge < -0.3 is 4.84 Å². The van der Waals surface area contributed by atoms with Crippen molar-refractivity contribution in [3.05, 3.63) is 35.4 Å². The molecule has 1 aromatic carbocycles. The monoisotopic (exact) mass is 173 g/mol. The third kappa shape index (κ3) is 3.44. The fraction of sp³-hybridized carbons (Fsp3) is 0.182. The third-order valence-electron chi connectivity index (χ3n) is 1.50. The van der Waals surface area contributed by atoms with E-state index in [0.29, 0.717) is 0 Å². The van der Waals surface area contributed by atoms with Crippen molar-refractivity contribution in [2.45, 2.75) is 6.92 Å². The van der Waals surface area contributed by atoms with Gasteiger partial charge in [-0.2, -0.15) is 0 Å². The summed E-state index contributed by atoms with van der Waals surface area (Å²) in [5.74, 6) is 2.33. The van der Waals surface area contributed by atoms with Crippen LogP contribution in [0.3, 0.4) is 0 Å². The van der Waals surface area contributed by atoms with Crippen LogP contribution in [0.1, 0.15) is 11.1 Å². The molecule has 2 heteroatoms. The lowest BCUT2D eigenvalue weighted by Crippen LogP contribution is -1.85. The fourth-order valence-corrected chi connectivity index (χ4v) is 0.825. The van der Waals surface area contributed by atoms with E-state index in [-0.39, 0.29) is 6.61 Å². The normalized spacial score (nSPS) is 9.85. The van der Waals surface area contributed by atoms with Gasteiger partial charge in [0.05, 0.1) is 6.21 Å². The van der Waals surface area contributed by atoms with Gasteiger partial charge in [0.2, 0.25) is 0 Å². The van der Waals surface area contributed by atoms with Crippen LogP contribution in [0.15, 0.2) is 29.4 Å². The van der Waals surface area contributed by atoms with Gasteiger partial charge in [0.25, 0.3) is 0 Å². The first-order chi connectivity index (χ1) is 6.33. The molecule has 0 aliphatic rings. The standard InChI is InChI=1S/C11H11NO/c1-3-8-13-12-9-11-6-4-10(2)5-7-11/h1,4-7,9H,8H2,2H3. The van der Waals surface area contributed by atoms with Crippen molar-refractivity contribution in [3.63, 3.8) is 0 Å². The first kappa shape index (κ1) is 9.34. The summed E-state index contributed by atoms with van der Waals surface area (Å²) in [6.45, 7) is 2.25. The molecule has 0 aromatic heterocycles. The topological polar surface area (TPSA) is 21.6 Å². The molecule has 13 heavy (non-hydrogen) atoms. The highest BCUT2D eigenvalue weighted by Crippen LogP contribution is 1.99. The minimum absolute atomic E-state index is 0.211. The number of rotatable bonds is 3. The molecule has 0 bridgehead atoms. The third-order valence-corrected chi connectivity index (χ3v) is 1.50. The van der Waals surface area contributed by atoms with Crippen molar-refractivity contribution in [2.24, 2.45) is 5.16 Å². The van der Waals surface area contributed by atoms with Crippen LogP contribution in [-0.2, 0) is 4.84 Å². The van der Waals surface area contributed by atoms with Gasteiger partial charge in [-0.1, -0.05) is 40.9 Å². The lowest BCUT2D eigenvalue weighted by molar-refractivity contribution is 0.181. The molecule has 0 aliphatic heterocycles. The zero-order valence-corrected chi connectivity index (χ0v) is 7.53. The van der Waals surface area contributed by atoms with E-state index in [1.54, 1.807) is 6.21 Å². The number of terminal acetylenes is 1. The Morgan fingerprint density at radius 2 is 2.15 bits per heavy atom. The summed E-state index contributed by atoms with van der Waals surface area (Å²) in [6, 6.07) is 7.97. The SMILES string of the molecule is C#CCON=Cc1ccc(C)cc1. The summed E-state index contributed by atoms with van der Waals surface area (Å²) in [5, 5.41) is 3.69. The molecule has 0 radical (unpaired) electrons. The van der Waals surface area contributed by atoms with Gasteiger partial charge in [-0.05, 0) is 12.5 Å². The number of nitrogens with zero attached hydrogens (tertiary/aromatic N) is 1. The quantitative estimate of drug-likeness (QED) is 0.296. The zero-order chi connectivity index (χ0) is 9.52. The van der Waals surface area contributed by atoms with Gasteiger partial charge >= 0.3 is 0 Å². The number of oxime groups is 1. The molecule has 1 rings (SSSR count). The predicted octanol–water partition coefficient (Wildman–Crippen LogP) is 1.98. The van der Waals surface area contributed by atoms with E-state index in [2.05, 4.69) is 11.1 Å². The number of hydrogen-bond acceptors (Lipinski definition) is 2. The first-order valence-corrected chi connectivity index (χ1v) is 3.98. The molecule has 0 spiro atoms. The summed E-state index contributed by atoms with van der Waals surface area (Å²) in [4.78, 5) is 4.75. The molecule has 0 aliphatic carbocycles. The molecular weight excluding hydrogens is 162 g/mol. The molecule has 0 N–H and O–H groups in total. The minimum Gasteiger partial charge on any atom is -0.383 e. The molecule has 0 amide bonds. The van der Waals surface area contributed by atoms with Crippen molar-refractivity contribution in [3.8, 4) is 12.3 Å². The maximum atomic E-state index is 4.98. The maximum absolute atomic E-state index is 4.98. The molecule has 1 aromatic rings. The van der Waals surface area contributed by atoms with Gasteiger partial charge in [-0.25, -0.2) is 0 Å². The van der Waals surface area contributed by atoms with Crippen LogP contribution in [0.2, 0.25) is 0 Å². The van der Waals surface area contributed by atoms with E-state index < -0.39 is 0 Å². The van der Waals surface area contributed by atoms with Crippen molar-refractivity contribution in [2.75, 3.05) is 6.61 Å². The molecule has 0 atom stereocenters. The highest BCUT2D eigenvalue weighted by Gasteiger charge is 1.86. The van der Waals surface area contributed by atoms with Crippen molar-refractivity contribution < 1.29 is 4.84 Å². The van der Waals surface area contributed by atoms with Gasteiger partial charge in [0.1, 0.15) is 0 Å². The maximum Gasteiger partial charge on any atom is 0.177 e. The summed E-state index contributed by atoms with van der Waals surface area (Å²) < 4.78 is 0. The second kappa shape index (κ2) is 5.00. The van der Waals surface area contributed by atoms with Crippen LogP contribution in [0.25, 0.3) is 0 Å². The summed E-state index contributed by atoms with van der Waals surface area (Å²) in [7, 11) is 0. The molecule has 66 valence electrons. The van der Waals surface area contributed by atoms with Crippen LogP contribution < -0.4 is 0 Å². The summed E-state index contributed by atoms with van der Waals surface area (Å²) in [6.07, 6.45) is 6.61. The van der Waals surface area contributed by atoms with Gasteiger partial charge in [0.15, 0.2) is 6.61 Å². The van der Waals surface area contributed by atoms with Crippen LogP contribution in [0.5, 0.6) is 0 Å². The first-order valence-electron chi connectivity index (χ1n) is 3.98. The Morgan fingerprint density at radius 1 is 1.46 bits per heavy atom. The van der Waals surface area contributed by atoms with Crippen LogP contribution in [-0.4, -0.2) is 12.8 Å². The molecule has 0 saturated heterocycles. The molecule has 2 nitrogen and oxygen atoms in total. The zero-order valence-electron chi connectivity index (χ0n) is 7.53. The van der Waals surface area contributed by atoms with E-state index in [4.69, 9.17) is 11.3 Å². The minimum atomic E-state index is 0.211. The Hall–Kier alpha value is -1.75. The molecule has 0 fully saturated rings. The van der Waals surface area contributed by atoms with Crippen molar-refractivity contribution in [1.82, 2.24) is 0 Å². The summed E-state index contributed by atoms with van der Waals surface area (Å²) in [5.41, 5.74) is 2.23. The lowest BCUT2D eigenvalue weighted by Gasteiger charge is -1.93. The number of benzene rings is 1. The van der Waals surface area contributed by atoms with Gasteiger partial charge in [-0.3, -0.25) is 0 Å². The van der Waals surface area contributed by atoms with Gasteiger partial charge in [-0.15, -0.1) is 6.42 Å². The van der Waals surface area contributed by atoms with Crippen LogP contribution >= 0.6 is 0 Å². The molecule has 0 unspecified atom stereocenters. The van der Waals surface area contributed by atoms with Crippen molar-refractivity contribution in [1.29, 1.82) is 0 Å². The fourth-order valence-electron chi connectivity index (χ4n) is 0.825. The lowest BCUT2D eigenvalue weighted by atomic mass is 10.2. The highest BCUT2D eigenvalue weighted by molar-refractivity contribution is 5.79. The molecular formula is C11H11NO. The second-order valence-corrected chi connectivity index (χ2v) is 2.62. The van der Waals surface area contributed by atoms with Gasteiger partial charge in [0, 0.05) is 0 Å². The van der Waals surface area contributed by atoms with Crippen LogP contribution in [0, 0.1) is 19.3 Å². The van der Waals surface area contributed by atoms with E-state index in [1.807, 2.05) is 31.2 Å². The Morgan fingerprint density at radius 3 is 2.77 bits per heavy atom. The Bertz CT molecular complexity index is 319. The number of hydrogen-bond donors (Lipinski definition) is 0. The highest BCUT2D eigenvalue weighted by atomic mass is 16.6. The smallest absolute Gasteiger partial charge is 0.177 e. The summed E-state index contributed by atoms with van der Waals surface area (Å²) >= 11 is 0. The largest absolute Gasteiger partial charge is 0.383 e.